The van der Waals surface area contributed by atoms with E-state index in [1.807, 2.05) is 24.4 Å². The number of nitrogens with one attached hydrogen (secondary N) is 1. The van der Waals surface area contributed by atoms with E-state index in [2.05, 4.69) is 15.1 Å². The van der Waals surface area contributed by atoms with Gasteiger partial charge in [-0.1, -0.05) is 29.8 Å². The van der Waals surface area contributed by atoms with E-state index in [0.717, 1.165) is 24.1 Å². The molecule has 0 spiro atoms. The van der Waals surface area contributed by atoms with Gasteiger partial charge in [0.2, 0.25) is 5.91 Å². The van der Waals surface area contributed by atoms with Crippen LogP contribution in [-0.4, -0.2) is 15.7 Å². The quantitative estimate of drug-likeness (QED) is 0.944. The van der Waals surface area contributed by atoms with E-state index in [1.165, 1.54) is 18.5 Å². The molecule has 0 bridgehead atoms. The first-order chi connectivity index (χ1) is 10.2. The highest BCUT2D eigenvalue weighted by Crippen LogP contribution is 2.18. The molecule has 0 saturated carbocycles. The van der Waals surface area contributed by atoms with E-state index in [9.17, 15) is 4.79 Å². The summed E-state index contributed by atoms with van der Waals surface area (Å²) in [6.07, 6.45) is 5.62. The molecule has 0 fully saturated rings. The van der Waals surface area contributed by atoms with Crippen LogP contribution in [-0.2, 0) is 30.7 Å². The van der Waals surface area contributed by atoms with Crippen LogP contribution in [0.2, 0.25) is 5.02 Å². The van der Waals surface area contributed by atoms with Crippen molar-refractivity contribution in [2.24, 2.45) is 0 Å². The van der Waals surface area contributed by atoms with E-state index in [1.54, 1.807) is 6.07 Å². The molecule has 0 atom stereocenters. The maximum Gasteiger partial charge on any atom is 0.224 e. The minimum absolute atomic E-state index is 0.0149. The van der Waals surface area contributed by atoms with Crippen molar-refractivity contribution in [1.29, 1.82) is 0 Å². The van der Waals surface area contributed by atoms with E-state index in [4.69, 9.17) is 11.6 Å². The summed E-state index contributed by atoms with van der Waals surface area (Å²) >= 11 is 6.07. The van der Waals surface area contributed by atoms with E-state index >= 15 is 0 Å². The first-order valence-electron chi connectivity index (χ1n) is 7.27. The number of halogens is 1. The molecule has 1 aromatic heterocycles. The predicted molar refractivity (Wildman–Crippen MR) is 82.2 cm³/mol. The van der Waals surface area contributed by atoms with Crippen LogP contribution >= 0.6 is 11.6 Å². The van der Waals surface area contributed by atoms with Crippen molar-refractivity contribution in [3.63, 3.8) is 0 Å². The normalized spacial score (nSPS) is 13.8. The number of fused-ring (bicyclic) bond motifs is 1. The molecule has 110 valence electrons. The molecule has 2 aromatic rings. The molecule has 1 aromatic carbocycles. The second-order valence-corrected chi connectivity index (χ2v) is 5.75. The van der Waals surface area contributed by atoms with E-state index < -0.39 is 0 Å². The van der Waals surface area contributed by atoms with Gasteiger partial charge in [0.15, 0.2) is 0 Å². The minimum atomic E-state index is -0.0149. The molecule has 1 amide bonds. The fourth-order valence-electron chi connectivity index (χ4n) is 2.70. The van der Waals surface area contributed by atoms with Crippen LogP contribution in [0.4, 0.5) is 0 Å². The SMILES string of the molecule is O=C(Cc1ccccc1Cl)NCc1cnn2c1CCCC2. The fraction of sp³-hybridized carbons (Fsp3) is 0.375. The Bertz CT molecular complexity index is 651. The lowest BCUT2D eigenvalue weighted by atomic mass is 10.1. The summed E-state index contributed by atoms with van der Waals surface area (Å²) in [5.41, 5.74) is 3.25. The summed E-state index contributed by atoms with van der Waals surface area (Å²) in [5.74, 6) is -0.0149. The Balaban J connectivity index is 1.59. The van der Waals surface area contributed by atoms with Gasteiger partial charge in [0.25, 0.3) is 0 Å². The lowest BCUT2D eigenvalue weighted by molar-refractivity contribution is -0.120. The van der Waals surface area contributed by atoms with Crippen molar-refractivity contribution in [3.05, 3.63) is 52.3 Å². The number of hydrogen-bond donors (Lipinski definition) is 1. The maximum absolute atomic E-state index is 12.0. The third-order valence-corrected chi connectivity index (χ3v) is 4.22. The number of nitrogens with zero attached hydrogens (tertiary/aromatic N) is 2. The topological polar surface area (TPSA) is 46.9 Å². The van der Waals surface area contributed by atoms with Gasteiger partial charge < -0.3 is 5.32 Å². The van der Waals surface area contributed by atoms with Crippen LogP contribution in [0.15, 0.2) is 30.5 Å². The molecule has 4 nitrogen and oxygen atoms in total. The van der Waals surface area contributed by atoms with Crippen LogP contribution in [0.1, 0.15) is 29.7 Å². The Morgan fingerprint density at radius 1 is 1.29 bits per heavy atom. The van der Waals surface area contributed by atoms with Gasteiger partial charge in [-0.25, -0.2) is 0 Å². The van der Waals surface area contributed by atoms with Gasteiger partial charge in [-0.3, -0.25) is 9.48 Å². The molecule has 2 heterocycles. The summed E-state index contributed by atoms with van der Waals surface area (Å²) < 4.78 is 2.05. The molecule has 21 heavy (non-hydrogen) atoms. The second kappa shape index (κ2) is 6.31. The van der Waals surface area contributed by atoms with Crippen LogP contribution in [0, 0.1) is 0 Å². The lowest BCUT2D eigenvalue weighted by Crippen LogP contribution is -2.25. The zero-order valence-electron chi connectivity index (χ0n) is 11.8. The predicted octanol–water partition coefficient (Wildman–Crippen LogP) is 2.73. The van der Waals surface area contributed by atoms with Gasteiger partial charge in [0, 0.05) is 29.4 Å². The number of rotatable bonds is 4. The summed E-state index contributed by atoms with van der Waals surface area (Å²) in [6.45, 7) is 1.53. The number of amides is 1. The van der Waals surface area contributed by atoms with Gasteiger partial charge in [-0.2, -0.15) is 5.10 Å². The Morgan fingerprint density at radius 2 is 2.14 bits per heavy atom. The average Bonchev–Trinajstić information content (AvgIpc) is 2.91. The maximum atomic E-state index is 12.0. The molecule has 1 N–H and O–H groups in total. The van der Waals surface area contributed by atoms with E-state index in [-0.39, 0.29) is 5.91 Å². The minimum Gasteiger partial charge on any atom is -0.352 e. The molecule has 1 aliphatic heterocycles. The first kappa shape index (κ1) is 14.1. The Labute approximate surface area is 129 Å². The number of hydrogen-bond acceptors (Lipinski definition) is 2. The van der Waals surface area contributed by atoms with Gasteiger partial charge in [-0.15, -0.1) is 0 Å². The van der Waals surface area contributed by atoms with Crippen LogP contribution in [0.3, 0.4) is 0 Å². The van der Waals surface area contributed by atoms with Crippen LogP contribution in [0.25, 0.3) is 0 Å². The first-order valence-corrected chi connectivity index (χ1v) is 7.65. The van der Waals surface area contributed by atoms with Crippen molar-refractivity contribution in [1.82, 2.24) is 15.1 Å². The van der Waals surface area contributed by atoms with Crippen molar-refractivity contribution < 1.29 is 4.79 Å². The van der Waals surface area contributed by atoms with Crippen molar-refractivity contribution in [2.45, 2.75) is 38.8 Å². The molecule has 1 aliphatic rings. The molecule has 5 heteroatoms. The smallest absolute Gasteiger partial charge is 0.224 e. The van der Waals surface area contributed by atoms with Crippen molar-refractivity contribution in [3.8, 4) is 0 Å². The highest BCUT2D eigenvalue weighted by atomic mass is 35.5. The van der Waals surface area contributed by atoms with Crippen molar-refractivity contribution in [2.75, 3.05) is 0 Å². The van der Waals surface area contributed by atoms with Crippen LogP contribution < -0.4 is 5.32 Å². The zero-order chi connectivity index (χ0) is 14.7. The number of benzene rings is 1. The van der Waals surface area contributed by atoms with Crippen molar-refractivity contribution >= 4 is 17.5 Å². The molecule has 3 rings (SSSR count). The zero-order valence-corrected chi connectivity index (χ0v) is 12.6. The molecule has 0 saturated heterocycles. The Kier molecular flexibility index (Phi) is 4.25. The van der Waals surface area contributed by atoms with Gasteiger partial charge in [0.1, 0.15) is 0 Å². The molecule has 0 radical (unpaired) electrons. The Morgan fingerprint density at radius 3 is 3.00 bits per heavy atom. The third-order valence-electron chi connectivity index (χ3n) is 3.85. The third kappa shape index (κ3) is 3.27. The highest BCUT2D eigenvalue weighted by Gasteiger charge is 2.15. The molecular weight excluding hydrogens is 286 g/mol. The number of carbonyl (C=O) groups is 1. The summed E-state index contributed by atoms with van der Waals surface area (Å²) in [6, 6.07) is 7.44. The second-order valence-electron chi connectivity index (χ2n) is 5.34. The lowest BCUT2D eigenvalue weighted by Gasteiger charge is -2.15. The Hall–Kier alpha value is -1.81. The summed E-state index contributed by atoms with van der Waals surface area (Å²) in [5, 5.41) is 7.97. The van der Waals surface area contributed by atoms with E-state index in [0.29, 0.717) is 18.0 Å². The number of aromatic nitrogens is 2. The standard InChI is InChI=1S/C16H18ClN3O/c17-14-6-2-1-5-12(14)9-16(21)18-10-13-11-19-20-8-4-3-7-15(13)20/h1-2,5-6,11H,3-4,7-10H2,(H,18,21). The number of carbonyl (C=O) groups excluding carboxylic acids is 1. The monoisotopic (exact) mass is 303 g/mol. The highest BCUT2D eigenvalue weighted by molar-refractivity contribution is 6.31. The molecule has 0 aliphatic carbocycles. The average molecular weight is 304 g/mol. The van der Waals surface area contributed by atoms with Gasteiger partial charge in [-0.05, 0) is 30.9 Å². The summed E-state index contributed by atoms with van der Waals surface area (Å²) in [4.78, 5) is 12.0. The van der Waals surface area contributed by atoms with Crippen LogP contribution in [0.5, 0.6) is 0 Å². The van der Waals surface area contributed by atoms with Gasteiger partial charge in [0.05, 0.1) is 12.6 Å². The largest absolute Gasteiger partial charge is 0.352 e. The number of aryl methyl sites for hydroxylation is 1. The molecule has 0 unspecified atom stereocenters. The summed E-state index contributed by atoms with van der Waals surface area (Å²) in [7, 11) is 0. The fourth-order valence-corrected chi connectivity index (χ4v) is 2.91. The van der Waals surface area contributed by atoms with Gasteiger partial charge >= 0.3 is 0 Å². The molecular formula is C16H18ClN3O.